The normalized spacial score (nSPS) is 13.5. The molecule has 0 saturated heterocycles. The topological polar surface area (TPSA) is 24.9 Å². The lowest BCUT2D eigenvalue weighted by Crippen LogP contribution is -2.10. The molecule has 1 atom stereocenters. The monoisotopic (exact) mass is 274 g/mol. The minimum absolute atomic E-state index is 0.202. The second-order valence-corrected chi connectivity index (χ2v) is 6.97. The maximum Gasteiger partial charge on any atom is 0.123 e. The van der Waals surface area contributed by atoms with E-state index in [1.165, 1.54) is 16.0 Å². The van der Waals surface area contributed by atoms with Crippen LogP contribution in [0.2, 0.25) is 0 Å². The Balaban J connectivity index is 2.25. The van der Waals surface area contributed by atoms with Gasteiger partial charge in [0, 0.05) is 22.7 Å². The Labute approximate surface area is 119 Å². The van der Waals surface area contributed by atoms with Crippen LogP contribution in [-0.2, 0) is 5.41 Å². The lowest BCUT2D eigenvalue weighted by molar-refractivity contribution is 0.590. The van der Waals surface area contributed by atoms with E-state index in [4.69, 9.17) is 0 Å². The molecular weight excluding hydrogens is 252 g/mol. The van der Waals surface area contributed by atoms with Gasteiger partial charge in [-0.15, -0.1) is 11.3 Å². The molecule has 19 heavy (non-hydrogen) atoms. The van der Waals surface area contributed by atoms with E-state index in [0.29, 0.717) is 6.04 Å². The number of benzene rings is 1. The highest BCUT2D eigenvalue weighted by Crippen LogP contribution is 2.30. The Morgan fingerprint density at radius 3 is 2.32 bits per heavy atom. The molecule has 2 nitrogen and oxygen atoms in total. The van der Waals surface area contributed by atoms with Crippen LogP contribution in [0.15, 0.2) is 30.5 Å². The SMILES string of the molecule is CNC(C)c1cnc(-c2ccc(C(C)(C)C)cc2)s1. The van der Waals surface area contributed by atoms with Crippen molar-refractivity contribution in [3.05, 3.63) is 40.9 Å². The average Bonchev–Trinajstić information content (AvgIpc) is 2.86. The van der Waals surface area contributed by atoms with E-state index >= 15 is 0 Å². The summed E-state index contributed by atoms with van der Waals surface area (Å²) in [5.74, 6) is 0. The molecule has 0 aliphatic carbocycles. The zero-order valence-corrected chi connectivity index (χ0v) is 13.1. The third-order valence-corrected chi connectivity index (χ3v) is 4.61. The van der Waals surface area contributed by atoms with Gasteiger partial charge < -0.3 is 5.32 Å². The number of hydrogen-bond acceptors (Lipinski definition) is 3. The zero-order valence-electron chi connectivity index (χ0n) is 12.3. The summed E-state index contributed by atoms with van der Waals surface area (Å²) < 4.78 is 0. The lowest BCUT2D eigenvalue weighted by Gasteiger charge is -2.18. The molecule has 0 fully saturated rings. The number of nitrogens with one attached hydrogen (secondary N) is 1. The molecule has 2 rings (SSSR count). The van der Waals surface area contributed by atoms with Crippen LogP contribution in [0.4, 0.5) is 0 Å². The van der Waals surface area contributed by atoms with Crippen LogP contribution in [0.25, 0.3) is 10.6 Å². The standard InChI is InChI=1S/C16H22N2S/c1-11(17-5)14-10-18-15(19-14)12-6-8-13(9-7-12)16(2,3)4/h6-11,17H,1-5H3. The largest absolute Gasteiger partial charge is 0.312 e. The molecule has 1 unspecified atom stereocenters. The molecule has 0 amide bonds. The Bertz CT molecular complexity index is 535. The van der Waals surface area contributed by atoms with Crippen molar-refractivity contribution in [1.82, 2.24) is 10.3 Å². The minimum atomic E-state index is 0.202. The molecule has 0 saturated carbocycles. The third-order valence-electron chi connectivity index (χ3n) is 3.38. The Morgan fingerprint density at radius 2 is 1.79 bits per heavy atom. The molecule has 1 N–H and O–H groups in total. The van der Waals surface area contributed by atoms with Crippen LogP contribution in [0.5, 0.6) is 0 Å². The highest BCUT2D eigenvalue weighted by Gasteiger charge is 2.14. The van der Waals surface area contributed by atoms with Crippen molar-refractivity contribution in [2.45, 2.75) is 39.2 Å². The van der Waals surface area contributed by atoms with E-state index in [1.54, 1.807) is 11.3 Å². The molecule has 1 aromatic carbocycles. The van der Waals surface area contributed by atoms with Gasteiger partial charge in [-0.3, -0.25) is 0 Å². The third kappa shape index (κ3) is 3.23. The van der Waals surface area contributed by atoms with Crippen LogP contribution in [0, 0.1) is 0 Å². The zero-order chi connectivity index (χ0) is 14.0. The first-order valence-corrected chi connectivity index (χ1v) is 7.47. The van der Waals surface area contributed by atoms with Gasteiger partial charge in [-0.1, -0.05) is 45.0 Å². The highest BCUT2D eigenvalue weighted by atomic mass is 32.1. The molecule has 0 spiro atoms. The summed E-state index contributed by atoms with van der Waals surface area (Å²) in [6.45, 7) is 8.86. The quantitative estimate of drug-likeness (QED) is 0.898. The molecule has 1 heterocycles. The number of hydrogen-bond donors (Lipinski definition) is 1. The van der Waals surface area contributed by atoms with Crippen molar-refractivity contribution in [3.8, 4) is 10.6 Å². The van der Waals surface area contributed by atoms with Gasteiger partial charge in [-0.05, 0) is 24.9 Å². The van der Waals surface area contributed by atoms with Crippen molar-refractivity contribution < 1.29 is 0 Å². The molecule has 0 aliphatic rings. The summed E-state index contributed by atoms with van der Waals surface area (Å²) in [6, 6.07) is 9.12. The summed E-state index contributed by atoms with van der Waals surface area (Å²) in [5, 5.41) is 4.34. The van der Waals surface area contributed by atoms with Gasteiger partial charge in [0.25, 0.3) is 0 Å². The number of nitrogens with zero attached hydrogens (tertiary/aromatic N) is 1. The van der Waals surface area contributed by atoms with E-state index in [9.17, 15) is 0 Å². The van der Waals surface area contributed by atoms with Crippen LogP contribution < -0.4 is 5.32 Å². The van der Waals surface area contributed by atoms with Gasteiger partial charge in [-0.25, -0.2) is 4.98 Å². The maximum absolute atomic E-state index is 4.53. The summed E-state index contributed by atoms with van der Waals surface area (Å²) in [6.07, 6.45) is 1.97. The molecule has 102 valence electrons. The van der Waals surface area contributed by atoms with Gasteiger partial charge in [0.15, 0.2) is 0 Å². The van der Waals surface area contributed by atoms with Gasteiger partial charge >= 0.3 is 0 Å². The van der Waals surface area contributed by atoms with Crippen molar-refractivity contribution in [1.29, 1.82) is 0 Å². The van der Waals surface area contributed by atoms with E-state index in [-0.39, 0.29) is 5.41 Å². The predicted molar refractivity (Wildman–Crippen MR) is 83.7 cm³/mol. The molecule has 0 radical (unpaired) electrons. The van der Waals surface area contributed by atoms with E-state index in [2.05, 4.69) is 62.3 Å². The first-order valence-electron chi connectivity index (χ1n) is 6.65. The van der Waals surface area contributed by atoms with Crippen molar-refractivity contribution in [2.75, 3.05) is 7.05 Å². The maximum atomic E-state index is 4.53. The molecule has 0 aliphatic heterocycles. The number of rotatable bonds is 3. The van der Waals surface area contributed by atoms with Gasteiger partial charge in [0.2, 0.25) is 0 Å². The predicted octanol–water partition coefficient (Wildman–Crippen LogP) is 4.39. The average molecular weight is 274 g/mol. The first-order chi connectivity index (χ1) is 8.91. The summed E-state index contributed by atoms with van der Waals surface area (Å²) in [5.41, 5.74) is 2.76. The smallest absolute Gasteiger partial charge is 0.123 e. The van der Waals surface area contributed by atoms with Crippen LogP contribution in [-0.4, -0.2) is 12.0 Å². The lowest BCUT2D eigenvalue weighted by atomic mass is 9.87. The van der Waals surface area contributed by atoms with Crippen molar-refractivity contribution in [3.63, 3.8) is 0 Å². The summed E-state index contributed by atoms with van der Waals surface area (Å²) in [4.78, 5) is 5.80. The second kappa shape index (κ2) is 5.43. The fourth-order valence-corrected chi connectivity index (χ4v) is 2.86. The van der Waals surface area contributed by atoms with Gasteiger partial charge in [-0.2, -0.15) is 0 Å². The summed E-state index contributed by atoms with van der Waals surface area (Å²) >= 11 is 1.76. The number of thiazole rings is 1. The molecule has 1 aromatic heterocycles. The van der Waals surface area contributed by atoms with Crippen LogP contribution in [0.1, 0.15) is 44.2 Å². The Kier molecular flexibility index (Phi) is 4.07. The molecule has 2 aromatic rings. The van der Waals surface area contributed by atoms with Crippen molar-refractivity contribution >= 4 is 11.3 Å². The summed E-state index contributed by atoms with van der Waals surface area (Å²) in [7, 11) is 1.97. The van der Waals surface area contributed by atoms with E-state index in [1.807, 2.05) is 13.2 Å². The number of aromatic nitrogens is 1. The highest BCUT2D eigenvalue weighted by molar-refractivity contribution is 7.15. The Morgan fingerprint density at radius 1 is 1.16 bits per heavy atom. The van der Waals surface area contributed by atoms with Crippen molar-refractivity contribution in [2.24, 2.45) is 0 Å². The molecule has 0 bridgehead atoms. The van der Waals surface area contributed by atoms with E-state index in [0.717, 1.165) is 5.01 Å². The van der Waals surface area contributed by atoms with Gasteiger partial charge in [0.05, 0.1) is 0 Å². The fraction of sp³-hybridized carbons (Fsp3) is 0.438. The van der Waals surface area contributed by atoms with Gasteiger partial charge in [0.1, 0.15) is 5.01 Å². The van der Waals surface area contributed by atoms with Crippen LogP contribution >= 0.6 is 11.3 Å². The van der Waals surface area contributed by atoms with E-state index < -0.39 is 0 Å². The second-order valence-electron chi connectivity index (χ2n) is 5.91. The fourth-order valence-electron chi connectivity index (χ4n) is 1.88. The van der Waals surface area contributed by atoms with Crippen LogP contribution in [0.3, 0.4) is 0 Å². The minimum Gasteiger partial charge on any atom is -0.312 e. The Hall–Kier alpha value is -1.19. The molecular formula is C16H22N2S. The first kappa shape index (κ1) is 14.2. The molecule has 3 heteroatoms.